The first kappa shape index (κ1) is 26.3. The number of carbonyl (C=O) groups is 2. The number of rotatable bonds is 7. The van der Waals surface area contributed by atoms with E-state index >= 15 is 0 Å². The van der Waals surface area contributed by atoms with E-state index in [1.54, 1.807) is 0 Å². The topological polar surface area (TPSA) is 135 Å². The minimum atomic E-state index is -0.422. The third-order valence-electron chi connectivity index (χ3n) is 4.13. The number of aliphatic imine (C=N–C) groups is 2. The number of aromatic nitrogens is 2. The Labute approximate surface area is 232 Å². The van der Waals surface area contributed by atoms with E-state index in [0.717, 1.165) is 11.4 Å². The zero-order valence-corrected chi connectivity index (χ0v) is 24.8. The number of nitrogens with one attached hydrogen (secondary N) is 2. The predicted octanol–water partition coefficient (Wildman–Crippen LogP) is 0.109. The molecule has 0 bridgehead atoms. The van der Waals surface area contributed by atoms with Crippen molar-refractivity contribution in [3.05, 3.63) is 84.6 Å². The third kappa shape index (κ3) is 7.86. The molecule has 2 radical (unpaired) electrons. The molecular weight excluding hydrogens is 728 g/mol. The molecule has 0 unspecified atom stereocenters. The van der Waals surface area contributed by atoms with Crippen LogP contribution in [0.1, 0.15) is 21.1 Å². The molecule has 2 heterocycles. The van der Waals surface area contributed by atoms with Crippen LogP contribution in [-0.2, 0) is 0 Å². The standard InChI is InChI=1S/C22H14N6O4Se4/c29-19(17-9-11-23-31-17)27-21(33)25-13-1-5-15(6-2-13)35-36-16-7-3-14(4-8-16)26-22(34)28-20(30)18-10-12-24-32-18/h1-12H,(H,25,27,29)(H,26,28,30). The summed E-state index contributed by atoms with van der Waals surface area (Å²) in [5.74, 6) is -0.620. The Morgan fingerprint density at radius 2 is 1.06 bits per heavy atom. The zero-order valence-electron chi connectivity index (χ0n) is 18.0. The van der Waals surface area contributed by atoms with Crippen molar-refractivity contribution in [1.29, 1.82) is 0 Å². The van der Waals surface area contributed by atoms with Gasteiger partial charge in [0.05, 0.1) is 0 Å². The SMILES string of the molecule is O=C(NC([Se])=Nc1ccc([Se][Se]c2ccc(N=C([Se])NC(=O)c3ccno3)cc2)cc1)c1ccno1. The normalized spacial score (nSPS) is 11.8. The van der Waals surface area contributed by atoms with Crippen LogP contribution in [0.3, 0.4) is 0 Å². The second kappa shape index (κ2) is 13.0. The van der Waals surface area contributed by atoms with Crippen LogP contribution in [0.4, 0.5) is 11.4 Å². The summed E-state index contributed by atoms with van der Waals surface area (Å²) >= 11 is 6.05. The minimum absolute atomic E-state index is 0.112. The monoisotopic (exact) mass is 746 g/mol. The fourth-order valence-corrected chi connectivity index (χ4v) is 9.32. The van der Waals surface area contributed by atoms with Crippen molar-refractivity contribution in [1.82, 2.24) is 20.9 Å². The van der Waals surface area contributed by atoms with E-state index in [1.807, 2.05) is 48.5 Å². The third-order valence-corrected chi connectivity index (χ3v) is 12.2. The molecular formula is C22H14N6O4Se4. The Hall–Kier alpha value is -2.78. The van der Waals surface area contributed by atoms with Gasteiger partial charge in [0.25, 0.3) is 0 Å². The van der Waals surface area contributed by atoms with Gasteiger partial charge in [-0.15, -0.1) is 0 Å². The summed E-state index contributed by atoms with van der Waals surface area (Å²) in [6.45, 7) is 0. The maximum atomic E-state index is 12.0. The molecule has 180 valence electrons. The Balaban J connectivity index is 1.27. The van der Waals surface area contributed by atoms with E-state index in [2.05, 4.69) is 63.0 Å². The summed E-state index contributed by atoms with van der Waals surface area (Å²) < 4.78 is 12.8. The van der Waals surface area contributed by atoms with Gasteiger partial charge >= 0.3 is 234 Å². The fourth-order valence-electron chi connectivity index (χ4n) is 2.52. The number of amidine groups is 2. The van der Waals surface area contributed by atoms with Crippen LogP contribution in [0.25, 0.3) is 0 Å². The van der Waals surface area contributed by atoms with Gasteiger partial charge in [-0.25, -0.2) is 0 Å². The molecule has 14 heteroatoms. The predicted molar refractivity (Wildman–Crippen MR) is 137 cm³/mol. The first-order chi connectivity index (χ1) is 17.5. The number of nitrogens with zero attached hydrogens (tertiary/aromatic N) is 4. The first-order valence-corrected chi connectivity index (χ1v) is 17.7. The molecule has 0 saturated heterocycles. The van der Waals surface area contributed by atoms with Gasteiger partial charge < -0.3 is 0 Å². The van der Waals surface area contributed by atoms with Crippen LogP contribution in [0.2, 0.25) is 0 Å². The van der Waals surface area contributed by atoms with Gasteiger partial charge in [0.1, 0.15) is 0 Å². The van der Waals surface area contributed by atoms with E-state index < -0.39 is 11.8 Å². The summed E-state index contributed by atoms with van der Waals surface area (Å²) in [4.78, 5) is 32.7. The van der Waals surface area contributed by atoms with E-state index in [-0.39, 0.29) is 37.8 Å². The molecule has 0 fully saturated rings. The molecule has 0 atom stereocenters. The zero-order chi connectivity index (χ0) is 25.3. The Morgan fingerprint density at radius 3 is 1.39 bits per heavy atom. The first-order valence-electron chi connectivity index (χ1n) is 9.96. The van der Waals surface area contributed by atoms with Crippen LogP contribution in [0.5, 0.6) is 0 Å². The Morgan fingerprint density at radius 1 is 0.667 bits per heavy atom. The number of hydrogen-bond acceptors (Lipinski definition) is 8. The van der Waals surface area contributed by atoms with Crippen molar-refractivity contribution in [2.75, 3.05) is 0 Å². The van der Waals surface area contributed by atoms with Crippen molar-refractivity contribution >= 4 is 99.9 Å². The van der Waals surface area contributed by atoms with E-state index in [1.165, 1.54) is 33.5 Å². The fraction of sp³-hybridized carbons (Fsp3) is 0. The van der Waals surface area contributed by atoms with Crippen molar-refractivity contribution in [3.8, 4) is 0 Å². The van der Waals surface area contributed by atoms with Gasteiger partial charge in [0.15, 0.2) is 0 Å². The van der Waals surface area contributed by atoms with Crippen LogP contribution in [0.15, 0.2) is 92.1 Å². The van der Waals surface area contributed by atoms with Gasteiger partial charge in [0, 0.05) is 0 Å². The maximum absolute atomic E-state index is 12.0. The van der Waals surface area contributed by atoms with Crippen LogP contribution in [-0.4, -0.2) is 89.9 Å². The van der Waals surface area contributed by atoms with Crippen molar-refractivity contribution < 1.29 is 18.6 Å². The summed E-state index contributed by atoms with van der Waals surface area (Å²) in [5, 5.41) is 12.2. The molecule has 36 heavy (non-hydrogen) atoms. The average Bonchev–Trinajstić information content (AvgIpc) is 3.59. The quantitative estimate of drug-likeness (QED) is 0.157. The Kier molecular flexibility index (Phi) is 9.46. The van der Waals surface area contributed by atoms with Crippen LogP contribution >= 0.6 is 0 Å². The number of carbonyl (C=O) groups excluding carboxylic acids is 2. The molecule has 0 saturated carbocycles. The number of hydrogen-bond donors (Lipinski definition) is 2. The van der Waals surface area contributed by atoms with E-state index in [9.17, 15) is 9.59 Å². The van der Waals surface area contributed by atoms with Crippen molar-refractivity contribution in [2.45, 2.75) is 0 Å². The molecule has 4 rings (SSSR count). The molecule has 2 aromatic heterocycles. The van der Waals surface area contributed by atoms with Gasteiger partial charge in [-0.3, -0.25) is 0 Å². The van der Waals surface area contributed by atoms with E-state index in [4.69, 9.17) is 9.05 Å². The van der Waals surface area contributed by atoms with Crippen LogP contribution < -0.4 is 19.6 Å². The number of benzene rings is 2. The van der Waals surface area contributed by atoms with Crippen molar-refractivity contribution in [3.63, 3.8) is 0 Å². The summed E-state index contributed by atoms with van der Waals surface area (Å²) in [7, 11) is 0. The number of amides is 2. The van der Waals surface area contributed by atoms with Crippen molar-refractivity contribution in [2.24, 2.45) is 9.98 Å². The molecule has 0 aliphatic heterocycles. The molecule has 2 amide bonds. The molecule has 2 N–H and O–H groups in total. The second-order valence-electron chi connectivity index (χ2n) is 6.65. The second-order valence-corrected chi connectivity index (χ2v) is 14.6. The molecule has 0 aliphatic carbocycles. The molecule has 4 aromatic rings. The molecule has 0 aliphatic rings. The Bertz CT molecular complexity index is 1270. The summed E-state index contributed by atoms with van der Waals surface area (Å²) in [5.41, 5.74) is 1.44. The average molecular weight is 742 g/mol. The van der Waals surface area contributed by atoms with Gasteiger partial charge in [-0.05, 0) is 0 Å². The molecule has 10 nitrogen and oxygen atoms in total. The van der Waals surface area contributed by atoms with Gasteiger partial charge in [-0.2, -0.15) is 0 Å². The van der Waals surface area contributed by atoms with E-state index in [0.29, 0.717) is 9.47 Å². The molecule has 2 aromatic carbocycles. The van der Waals surface area contributed by atoms with Gasteiger partial charge in [0.2, 0.25) is 0 Å². The summed E-state index contributed by atoms with van der Waals surface area (Å²) in [6, 6.07) is 18.8. The summed E-state index contributed by atoms with van der Waals surface area (Å²) in [6.07, 6.45) is 2.80. The van der Waals surface area contributed by atoms with Gasteiger partial charge in [-0.1, -0.05) is 0 Å². The van der Waals surface area contributed by atoms with Crippen LogP contribution in [0, 0.1) is 0 Å². The molecule has 0 spiro atoms.